The van der Waals surface area contributed by atoms with E-state index in [4.69, 9.17) is 9.47 Å². The Bertz CT molecular complexity index is 1060. The van der Waals surface area contributed by atoms with E-state index in [1.54, 1.807) is 18.2 Å². The van der Waals surface area contributed by atoms with Gasteiger partial charge in [0.25, 0.3) is 0 Å². The first-order valence-corrected chi connectivity index (χ1v) is 9.45. The Hall–Kier alpha value is -3.13. The van der Waals surface area contributed by atoms with E-state index in [0.717, 1.165) is 37.0 Å². The molecule has 1 atom stereocenters. The summed E-state index contributed by atoms with van der Waals surface area (Å²) in [5.74, 6) is 0.0404. The lowest BCUT2D eigenvalue weighted by Crippen LogP contribution is -2.27. The van der Waals surface area contributed by atoms with Crippen molar-refractivity contribution in [2.45, 2.75) is 18.9 Å². The predicted octanol–water partition coefficient (Wildman–Crippen LogP) is 4.42. The molecule has 1 unspecified atom stereocenters. The van der Waals surface area contributed by atoms with Gasteiger partial charge in [-0.25, -0.2) is 4.39 Å². The van der Waals surface area contributed by atoms with Gasteiger partial charge in [0.1, 0.15) is 5.82 Å². The molecule has 1 aliphatic heterocycles. The lowest BCUT2D eigenvalue weighted by atomic mass is 9.94. The van der Waals surface area contributed by atoms with Crippen molar-refractivity contribution in [3.63, 3.8) is 0 Å². The fourth-order valence-corrected chi connectivity index (χ4v) is 4.24. The summed E-state index contributed by atoms with van der Waals surface area (Å²) in [4.78, 5) is 17.0. The zero-order chi connectivity index (χ0) is 20.5. The van der Waals surface area contributed by atoms with Crippen molar-refractivity contribution in [1.82, 2.24) is 9.88 Å². The standard InChI is InChI=1S/C21H22FN3O4/c1-28-18-8-6-14(20(25(26)27)21(18)29-2)19(24-9-3-4-10-24)16-12-23-17-7-5-13(22)11-15(16)17/h5-8,11-12,19,23H,3-4,9-10H2,1-2H3. The molecule has 29 heavy (non-hydrogen) atoms. The Kier molecular flexibility index (Phi) is 5.10. The van der Waals surface area contributed by atoms with E-state index in [2.05, 4.69) is 9.88 Å². The van der Waals surface area contributed by atoms with Crippen LogP contribution in [0.2, 0.25) is 0 Å². The smallest absolute Gasteiger partial charge is 0.319 e. The molecule has 0 saturated carbocycles. The number of benzene rings is 2. The summed E-state index contributed by atoms with van der Waals surface area (Å²) in [6, 6.07) is 7.52. The van der Waals surface area contributed by atoms with Gasteiger partial charge in [-0.1, -0.05) is 0 Å². The Morgan fingerprint density at radius 3 is 2.55 bits per heavy atom. The van der Waals surface area contributed by atoms with E-state index < -0.39 is 11.0 Å². The highest BCUT2D eigenvalue weighted by atomic mass is 19.1. The molecule has 2 heterocycles. The second kappa shape index (κ2) is 7.71. The molecule has 1 aliphatic rings. The van der Waals surface area contributed by atoms with Crippen molar-refractivity contribution in [3.8, 4) is 11.5 Å². The number of ether oxygens (including phenoxy) is 2. The van der Waals surface area contributed by atoms with Gasteiger partial charge < -0.3 is 14.5 Å². The Morgan fingerprint density at radius 2 is 1.90 bits per heavy atom. The highest BCUT2D eigenvalue weighted by Gasteiger charge is 2.35. The van der Waals surface area contributed by atoms with Gasteiger partial charge in [0.2, 0.25) is 5.75 Å². The lowest BCUT2D eigenvalue weighted by Gasteiger charge is -2.28. The van der Waals surface area contributed by atoms with Crippen molar-refractivity contribution >= 4 is 16.6 Å². The third-order valence-electron chi connectivity index (χ3n) is 5.50. The van der Waals surface area contributed by atoms with Crippen molar-refractivity contribution in [2.75, 3.05) is 27.3 Å². The second-order valence-electron chi connectivity index (χ2n) is 7.08. The average Bonchev–Trinajstić information content (AvgIpc) is 3.38. The van der Waals surface area contributed by atoms with Gasteiger partial charge >= 0.3 is 5.69 Å². The van der Waals surface area contributed by atoms with Crippen molar-refractivity contribution in [2.24, 2.45) is 0 Å². The molecule has 0 radical (unpaired) electrons. The SMILES string of the molecule is COc1ccc(C(c2c[nH]c3ccc(F)cc23)N2CCCC2)c([N+](=O)[O-])c1OC. The van der Waals surface area contributed by atoms with Crippen molar-refractivity contribution in [1.29, 1.82) is 0 Å². The number of halogens is 1. The molecule has 7 nitrogen and oxygen atoms in total. The highest BCUT2D eigenvalue weighted by Crippen LogP contribution is 2.46. The molecule has 1 fully saturated rings. The van der Waals surface area contributed by atoms with Crippen LogP contribution in [0.5, 0.6) is 11.5 Å². The molecule has 0 amide bonds. The van der Waals surface area contributed by atoms with Gasteiger partial charge in [0.05, 0.1) is 30.7 Å². The number of fused-ring (bicyclic) bond motifs is 1. The minimum Gasteiger partial charge on any atom is -0.493 e. The Balaban J connectivity index is 1.98. The Morgan fingerprint density at radius 1 is 1.14 bits per heavy atom. The number of rotatable bonds is 6. The molecule has 8 heteroatoms. The number of H-pyrrole nitrogens is 1. The average molecular weight is 399 g/mol. The number of hydrogen-bond donors (Lipinski definition) is 1. The molecule has 1 aromatic heterocycles. The topological polar surface area (TPSA) is 80.6 Å². The number of aromatic amines is 1. The van der Waals surface area contributed by atoms with Gasteiger partial charge in [0, 0.05) is 17.1 Å². The molecule has 152 valence electrons. The summed E-state index contributed by atoms with van der Waals surface area (Å²) in [6.45, 7) is 1.61. The number of methoxy groups -OCH3 is 2. The van der Waals surface area contributed by atoms with Crippen LogP contribution in [0, 0.1) is 15.9 Å². The van der Waals surface area contributed by atoms with E-state index in [-0.39, 0.29) is 17.3 Å². The van der Waals surface area contributed by atoms with Crippen LogP contribution in [-0.4, -0.2) is 42.1 Å². The molecule has 1 N–H and O–H groups in total. The van der Waals surface area contributed by atoms with Crippen LogP contribution in [0.15, 0.2) is 36.5 Å². The minimum absolute atomic E-state index is 0.0882. The van der Waals surface area contributed by atoms with Crippen LogP contribution in [-0.2, 0) is 0 Å². The minimum atomic E-state index is -0.435. The van der Waals surface area contributed by atoms with Crippen LogP contribution in [0.4, 0.5) is 10.1 Å². The predicted molar refractivity (Wildman–Crippen MR) is 107 cm³/mol. The summed E-state index contributed by atoms with van der Waals surface area (Å²) in [5.41, 5.74) is 1.96. The largest absolute Gasteiger partial charge is 0.493 e. The number of nitro groups is 1. The maximum atomic E-state index is 14.0. The van der Waals surface area contributed by atoms with E-state index in [1.165, 1.54) is 26.4 Å². The van der Waals surface area contributed by atoms with Gasteiger partial charge in [0.15, 0.2) is 5.75 Å². The molecule has 4 rings (SSSR count). The number of nitro benzene ring substituents is 1. The zero-order valence-corrected chi connectivity index (χ0v) is 16.3. The number of likely N-dealkylation sites (tertiary alicyclic amines) is 1. The monoisotopic (exact) mass is 399 g/mol. The van der Waals surface area contributed by atoms with Gasteiger partial charge in [-0.3, -0.25) is 15.0 Å². The lowest BCUT2D eigenvalue weighted by molar-refractivity contribution is -0.386. The summed E-state index contributed by atoms with van der Waals surface area (Å²) >= 11 is 0. The fraction of sp³-hybridized carbons (Fsp3) is 0.333. The van der Waals surface area contributed by atoms with Crippen molar-refractivity contribution < 1.29 is 18.8 Å². The molecule has 0 aliphatic carbocycles. The first-order chi connectivity index (χ1) is 14.0. The third-order valence-corrected chi connectivity index (χ3v) is 5.50. The molecular weight excluding hydrogens is 377 g/mol. The fourth-order valence-electron chi connectivity index (χ4n) is 4.24. The number of nitrogens with zero attached hydrogens (tertiary/aromatic N) is 2. The highest BCUT2D eigenvalue weighted by molar-refractivity contribution is 5.84. The maximum Gasteiger partial charge on any atom is 0.319 e. The van der Waals surface area contributed by atoms with Crippen LogP contribution in [0.3, 0.4) is 0 Å². The summed E-state index contributed by atoms with van der Waals surface area (Å²) in [6.07, 6.45) is 3.83. The molecule has 0 spiro atoms. The summed E-state index contributed by atoms with van der Waals surface area (Å²) in [7, 11) is 2.84. The Labute approximate surface area is 167 Å². The van der Waals surface area contributed by atoms with E-state index >= 15 is 0 Å². The van der Waals surface area contributed by atoms with E-state index in [0.29, 0.717) is 16.7 Å². The van der Waals surface area contributed by atoms with Crippen LogP contribution >= 0.6 is 0 Å². The first-order valence-electron chi connectivity index (χ1n) is 9.45. The summed E-state index contributed by atoms with van der Waals surface area (Å²) in [5, 5.41) is 12.8. The van der Waals surface area contributed by atoms with Crippen LogP contribution < -0.4 is 9.47 Å². The molecule has 0 bridgehead atoms. The molecule has 3 aromatic rings. The number of nitrogens with one attached hydrogen (secondary N) is 1. The summed E-state index contributed by atoms with van der Waals surface area (Å²) < 4.78 is 24.6. The normalized spacial score (nSPS) is 15.6. The number of hydrogen-bond acceptors (Lipinski definition) is 5. The quantitative estimate of drug-likeness (QED) is 0.490. The number of aromatic nitrogens is 1. The van der Waals surface area contributed by atoms with E-state index in [1.807, 2.05) is 6.20 Å². The maximum absolute atomic E-state index is 14.0. The zero-order valence-electron chi connectivity index (χ0n) is 16.3. The van der Waals surface area contributed by atoms with Crippen LogP contribution in [0.1, 0.15) is 30.0 Å². The van der Waals surface area contributed by atoms with Gasteiger partial charge in [-0.05, 0) is 61.8 Å². The second-order valence-corrected chi connectivity index (χ2v) is 7.08. The molecule has 1 saturated heterocycles. The van der Waals surface area contributed by atoms with Gasteiger partial charge in [-0.2, -0.15) is 0 Å². The van der Waals surface area contributed by atoms with E-state index in [9.17, 15) is 14.5 Å². The van der Waals surface area contributed by atoms with Crippen molar-refractivity contribution in [3.05, 3.63) is 63.6 Å². The van der Waals surface area contributed by atoms with Crippen LogP contribution in [0.25, 0.3) is 10.9 Å². The first kappa shape index (κ1) is 19.2. The van der Waals surface area contributed by atoms with Gasteiger partial charge in [-0.15, -0.1) is 0 Å². The molecule has 2 aromatic carbocycles. The third kappa shape index (κ3) is 3.29. The molecular formula is C21H22FN3O4.